The molecule has 0 bridgehead atoms. The molecule has 0 aliphatic heterocycles. The van der Waals surface area contributed by atoms with Crippen LogP contribution in [0.3, 0.4) is 0 Å². The van der Waals surface area contributed by atoms with Gasteiger partial charge in [-0.3, -0.25) is 9.20 Å². The number of carbonyl (C=O) groups is 1. The monoisotopic (exact) mass is 323 g/mol. The first-order valence-corrected chi connectivity index (χ1v) is 8.62. The van der Waals surface area contributed by atoms with E-state index >= 15 is 0 Å². The molecule has 1 aliphatic rings. The molecule has 0 atom stereocenters. The highest BCUT2D eigenvalue weighted by molar-refractivity contribution is 5.94. The van der Waals surface area contributed by atoms with E-state index in [1.165, 1.54) is 25.7 Å². The van der Waals surface area contributed by atoms with E-state index in [2.05, 4.69) is 10.3 Å². The van der Waals surface area contributed by atoms with E-state index in [1.54, 1.807) is 6.26 Å². The molecule has 3 heterocycles. The number of fused-ring (bicyclic) bond motifs is 1. The SMILES string of the molecule is O=C(CCC1CCCC1)Nc1c(-c2ccco2)nc2ccccn12. The predicted octanol–water partition coefficient (Wildman–Crippen LogP) is 4.50. The first-order valence-electron chi connectivity index (χ1n) is 8.62. The Labute approximate surface area is 140 Å². The number of pyridine rings is 1. The summed E-state index contributed by atoms with van der Waals surface area (Å²) in [5, 5.41) is 3.05. The van der Waals surface area contributed by atoms with Crippen molar-refractivity contribution >= 4 is 17.4 Å². The van der Waals surface area contributed by atoms with E-state index in [-0.39, 0.29) is 5.91 Å². The summed E-state index contributed by atoms with van der Waals surface area (Å²) in [6.07, 6.45) is 10.2. The Hall–Kier alpha value is -2.56. The standard InChI is InChI=1S/C19H21N3O2/c23-17(11-10-14-6-1-2-7-14)21-19-18(15-8-5-13-24-15)20-16-9-3-4-12-22(16)19/h3-5,8-9,12-14H,1-2,6-7,10-11H2,(H,21,23). The van der Waals surface area contributed by atoms with Crippen LogP contribution in [0, 0.1) is 5.92 Å². The fourth-order valence-corrected chi connectivity index (χ4v) is 3.53. The second-order valence-corrected chi connectivity index (χ2v) is 6.45. The van der Waals surface area contributed by atoms with Crippen LogP contribution in [-0.4, -0.2) is 15.3 Å². The van der Waals surface area contributed by atoms with Gasteiger partial charge in [0.1, 0.15) is 17.2 Å². The van der Waals surface area contributed by atoms with Gasteiger partial charge < -0.3 is 9.73 Å². The average molecular weight is 323 g/mol. The molecule has 3 aromatic rings. The van der Waals surface area contributed by atoms with Crippen LogP contribution < -0.4 is 5.32 Å². The van der Waals surface area contributed by atoms with Gasteiger partial charge in [0, 0.05) is 12.6 Å². The molecule has 5 nitrogen and oxygen atoms in total. The third-order valence-corrected chi connectivity index (χ3v) is 4.80. The van der Waals surface area contributed by atoms with Crippen molar-refractivity contribution < 1.29 is 9.21 Å². The van der Waals surface area contributed by atoms with Gasteiger partial charge in [-0.15, -0.1) is 0 Å². The van der Waals surface area contributed by atoms with Gasteiger partial charge in [-0.2, -0.15) is 0 Å². The summed E-state index contributed by atoms with van der Waals surface area (Å²) < 4.78 is 7.38. The minimum absolute atomic E-state index is 0.0420. The van der Waals surface area contributed by atoms with Gasteiger partial charge >= 0.3 is 0 Å². The van der Waals surface area contributed by atoms with Crippen LogP contribution in [0.25, 0.3) is 17.1 Å². The molecule has 0 spiro atoms. The second kappa shape index (κ2) is 6.51. The number of nitrogens with zero attached hydrogens (tertiary/aromatic N) is 2. The van der Waals surface area contributed by atoms with Crippen molar-refractivity contribution in [2.75, 3.05) is 5.32 Å². The first kappa shape index (κ1) is 15.0. The maximum absolute atomic E-state index is 12.4. The third kappa shape index (κ3) is 2.94. The van der Waals surface area contributed by atoms with Gasteiger partial charge in [0.05, 0.1) is 6.26 Å². The molecule has 3 aromatic heterocycles. The molecule has 0 unspecified atom stereocenters. The van der Waals surface area contributed by atoms with Crippen LogP contribution in [0.5, 0.6) is 0 Å². The Bertz CT molecular complexity index is 830. The number of rotatable bonds is 5. The smallest absolute Gasteiger partial charge is 0.225 e. The Morgan fingerprint density at radius 1 is 1.25 bits per heavy atom. The zero-order valence-electron chi connectivity index (χ0n) is 13.6. The largest absolute Gasteiger partial charge is 0.463 e. The summed E-state index contributed by atoms with van der Waals surface area (Å²) in [6, 6.07) is 9.45. The van der Waals surface area contributed by atoms with Gasteiger partial charge in [-0.25, -0.2) is 4.98 Å². The van der Waals surface area contributed by atoms with E-state index in [9.17, 15) is 4.79 Å². The van der Waals surface area contributed by atoms with Crippen LogP contribution in [0.4, 0.5) is 5.82 Å². The first-order chi connectivity index (χ1) is 11.8. The Kier molecular flexibility index (Phi) is 4.07. The van der Waals surface area contributed by atoms with E-state index in [1.807, 2.05) is 40.9 Å². The maximum Gasteiger partial charge on any atom is 0.225 e. The van der Waals surface area contributed by atoms with E-state index in [4.69, 9.17) is 4.42 Å². The minimum atomic E-state index is 0.0420. The van der Waals surface area contributed by atoms with Crippen molar-refractivity contribution in [3.05, 3.63) is 42.8 Å². The number of hydrogen-bond acceptors (Lipinski definition) is 3. The molecule has 0 aromatic carbocycles. The van der Waals surface area contributed by atoms with Crippen molar-refractivity contribution in [2.45, 2.75) is 38.5 Å². The summed E-state index contributed by atoms with van der Waals surface area (Å²) >= 11 is 0. The van der Waals surface area contributed by atoms with Gasteiger partial charge in [0.15, 0.2) is 5.76 Å². The molecular formula is C19H21N3O2. The molecule has 24 heavy (non-hydrogen) atoms. The lowest BCUT2D eigenvalue weighted by Gasteiger charge is -2.10. The lowest BCUT2D eigenvalue weighted by atomic mass is 10.0. The number of nitrogens with one attached hydrogen (secondary N) is 1. The number of carbonyl (C=O) groups excluding carboxylic acids is 1. The third-order valence-electron chi connectivity index (χ3n) is 4.80. The normalized spacial score (nSPS) is 15.2. The van der Waals surface area contributed by atoms with Crippen LogP contribution >= 0.6 is 0 Å². The van der Waals surface area contributed by atoms with Gasteiger partial charge in [-0.05, 0) is 36.6 Å². The number of hydrogen-bond donors (Lipinski definition) is 1. The molecule has 1 amide bonds. The van der Waals surface area contributed by atoms with Gasteiger partial charge in [0.25, 0.3) is 0 Å². The Morgan fingerprint density at radius 3 is 2.92 bits per heavy atom. The van der Waals surface area contributed by atoms with Crippen LogP contribution in [-0.2, 0) is 4.79 Å². The van der Waals surface area contributed by atoms with E-state index < -0.39 is 0 Å². The summed E-state index contributed by atoms with van der Waals surface area (Å²) in [4.78, 5) is 17.1. The van der Waals surface area contributed by atoms with Gasteiger partial charge in [-0.1, -0.05) is 31.7 Å². The fraction of sp³-hybridized carbons (Fsp3) is 0.368. The highest BCUT2D eigenvalue weighted by Gasteiger charge is 2.20. The minimum Gasteiger partial charge on any atom is -0.463 e. The summed E-state index contributed by atoms with van der Waals surface area (Å²) in [5.41, 5.74) is 1.45. The number of anilines is 1. The average Bonchev–Trinajstić information content (AvgIpc) is 3.34. The summed E-state index contributed by atoms with van der Waals surface area (Å²) in [5.74, 6) is 2.09. The van der Waals surface area contributed by atoms with Crippen molar-refractivity contribution in [1.82, 2.24) is 9.38 Å². The maximum atomic E-state index is 12.4. The lowest BCUT2D eigenvalue weighted by molar-refractivity contribution is -0.116. The highest BCUT2D eigenvalue weighted by Crippen LogP contribution is 2.31. The molecule has 5 heteroatoms. The molecule has 124 valence electrons. The van der Waals surface area contributed by atoms with E-state index in [0.717, 1.165) is 12.1 Å². The van der Waals surface area contributed by atoms with E-state index in [0.29, 0.717) is 29.6 Å². The molecule has 4 rings (SSSR count). The van der Waals surface area contributed by atoms with Crippen molar-refractivity contribution in [2.24, 2.45) is 5.92 Å². The van der Waals surface area contributed by atoms with Gasteiger partial charge in [0.2, 0.25) is 5.91 Å². The van der Waals surface area contributed by atoms with Crippen molar-refractivity contribution in [3.63, 3.8) is 0 Å². The molecule has 1 N–H and O–H groups in total. The molecular weight excluding hydrogens is 302 g/mol. The highest BCUT2D eigenvalue weighted by atomic mass is 16.3. The number of imidazole rings is 1. The quantitative estimate of drug-likeness (QED) is 0.752. The number of furan rings is 1. The fourth-order valence-electron chi connectivity index (χ4n) is 3.53. The topological polar surface area (TPSA) is 59.5 Å². The Balaban J connectivity index is 1.57. The van der Waals surface area contributed by atoms with Crippen molar-refractivity contribution in [1.29, 1.82) is 0 Å². The second-order valence-electron chi connectivity index (χ2n) is 6.45. The number of amides is 1. The zero-order valence-corrected chi connectivity index (χ0v) is 13.6. The number of aromatic nitrogens is 2. The zero-order chi connectivity index (χ0) is 16.4. The predicted molar refractivity (Wildman–Crippen MR) is 92.7 cm³/mol. The molecule has 0 saturated heterocycles. The van der Waals surface area contributed by atoms with Crippen LogP contribution in [0.1, 0.15) is 38.5 Å². The lowest BCUT2D eigenvalue weighted by Crippen LogP contribution is -2.14. The molecule has 1 aliphatic carbocycles. The van der Waals surface area contributed by atoms with Crippen LogP contribution in [0.15, 0.2) is 47.2 Å². The molecule has 1 saturated carbocycles. The summed E-state index contributed by atoms with van der Waals surface area (Å²) in [7, 11) is 0. The Morgan fingerprint density at radius 2 is 2.12 bits per heavy atom. The van der Waals surface area contributed by atoms with Crippen LogP contribution in [0.2, 0.25) is 0 Å². The molecule has 1 fully saturated rings. The van der Waals surface area contributed by atoms with Crippen molar-refractivity contribution in [3.8, 4) is 11.5 Å². The molecule has 0 radical (unpaired) electrons. The summed E-state index contributed by atoms with van der Waals surface area (Å²) in [6.45, 7) is 0.